The van der Waals surface area contributed by atoms with Crippen LogP contribution in [-0.4, -0.2) is 41.9 Å². The minimum Gasteiger partial charge on any atom is -0.351 e. The monoisotopic (exact) mass is 303 g/mol. The minimum absolute atomic E-state index is 0. The van der Waals surface area contributed by atoms with Gasteiger partial charge in [-0.1, -0.05) is 13.8 Å². The molecule has 1 saturated heterocycles. The molecule has 2 fully saturated rings. The van der Waals surface area contributed by atoms with Gasteiger partial charge in [-0.2, -0.15) is 0 Å². The van der Waals surface area contributed by atoms with Crippen LogP contribution in [0.4, 0.5) is 0 Å². The van der Waals surface area contributed by atoms with Gasteiger partial charge in [-0.3, -0.25) is 9.59 Å². The SMILES string of the molecule is CCC(CC)(CN)C(=O)NC1CC(=O)N(C2CC2)C1.Cl. The number of hydrogen-bond acceptors (Lipinski definition) is 3. The molecule has 1 unspecified atom stereocenters. The molecule has 0 aromatic heterocycles. The first-order chi connectivity index (χ1) is 9.06. The summed E-state index contributed by atoms with van der Waals surface area (Å²) in [4.78, 5) is 26.2. The van der Waals surface area contributed by atoms with Crippen molar-refractivity contribution in [2.24, 2.45) is 11.1 Å². The molecular weight excluding hydrogens is 278 g/mol. The number of likely N-dealkylation sites (tertiary alicyclic amines) is 1. The summed E-state index contributed by atoms with van der Waals surface area (Å²) in [5.74, 6) is 0.189. The summed E-state index contributed by atoms with van der Waals surface area (Å²) in [6.07, 6.45) is 4.14. The van der Waals surface area contributed by atoms with E-state index in [2.05, 4.69) is 5.32 Å². The van der Waals surface area contributed by atoms with Crippen LogP contribution in [0.5, 0.6) is 0 Å². The molecule has 2 aliphatic rings. The zero-order chi connectivity index (χ0) is 14.0. The Kier molecular flexibility index (Phi) is 5.83. The van der Waals surface area contributed by atoms with Gasteiger partial charge in [0, 0.05) is 25.6 Å². The highest BCUT2D eigenvalue weighted by Gasteiger charge is 2.41. The average molecular weight is 304 g/mol. The van der Waals surface area contributed by atoms with Crippen molar-refractivity contribution in [3.63, 3.8) is 0 Å². The van der Waals surface area contributed by atoms with Crippen LogP contribution in [0.1, 0.15) is 46.0 Å². The molecule has 3 N–H and O–H groups in total. The maximum absolute atomic E-state index is 12.4. The van der Waals surface area contributed by atoms with Crippen molar-refractivity contribution in [2.75, 3.05) is 13.1 Å². The van der Waals surface area contributed by atoms with Crippen LogP contribution in [0, 0.1) is 5.41 Å². The second-order valence-corrected chi connectivity index (χ2v) is 5.84. The molecule has 0 aromatic rings. The van der Waals surface area contributed by atoms with Crippen LogP contribution in [-0.2, 0) is 9.59 Å². The quantitative estimate of drug-likeness (QED) is 0.770. The number of halogens is 1. The first kappa shape index (κ1) is 17.2. The predicted octanol–water partition coefficient (Wildman–Crippen LogP) is 1.05. The molecule has 1 atom stereocenters. The lowest BCUT2D eigenvalue weighted by Crippen LogP contribution is -2.49. The van der Waals surface area contributed by atoms with Crippen molar-refractivity contribution >= 4 is 24.2 Å². The van der Waals surface area contributed by atoms with E-state index in [1.54, 1.807) is 0 Å². The normalized spacial score (nSPS) is 22.6. The summed E-state index contributed by atoms with van der Waals surface area (Å²) >= 11 is 0. The number of carbonyl (C=O) groups excluding carboxylic acids is 2. The zero-order valence-electron chi connectivity index (χ0n) is 12.4. The van der Waals surface area contributed by atoms with E-state index in [0.717, 1.165) is 25.7 Å². The topological polar surface area (TPSA) is 75.4 Å². The fraction of sp³-hybridized carbons (Fsp3) is 0.857. The molecule has 1 saturated carbocycles. The van der Waals surface area contributed by atoms with Gasteiger partial charge in [-0.15, -0.1) is 12.4 Å². The Bertz CT molecular complexity index is 359. The van der Waals surface area contributed by atoms with E-state index in [0.29, 0.717) is 25.6 Å². The third-order valence-corrected chi connectivity index (χ3v) is 4.71. The van der Waals surface area contributed by atoms with Gasteiger partial charge in [0.2, 0.25) is 11.8 Å². The van der Waals surface area contributed by atoms with Crippen LogP contribution < -0.4 is 11.1 Å². The molecule has 0 radical (unpaired) electrons. The van der Waals surface area contributed by atoms with Crippen molar-refractivity contribution in [2.45, 2.75) is 58.0 Å². The molecular formula is C14H26ClN3O2. The average Bonchev–Trinajstić information content (AvgIpc) is 3.17. The molecule has 2 rings (SSSR count). The summed E-state index contributed by atoms with van der Waals surface area (Å²) in [7, 11) is 0. The third kappa shape index (κ3) is 3.26. The zero-order valence-corrected chi connectivity index (χ0v) is 13.2. The maximum atomic E-state index is 12.4. The van der Waals surface area contributed by atoms with Gasteiger partial charge in [0.25, 0.3) is 0 Å². The standard InChI is InChI=1S/C14H25N3O2.ClH/c1-3-14(4-2,9-15)13(19)16-10-7-12(18)17(8-10)11-5-6-11;/h10-11H,3-9,15H2,1-2H3,(H,16,19);1H. The van der Waals surface area contributed by atoms with E-state index < -0.39 is 5.41 Å². The van der Waals surface area contributed by atoms with Crippen molar-refractivity contribution < 1.29 is 9.59 Å². The van der Waals surface area contributed by atoms with E-state index in [-0.39, 0.29) is 30.3 Å². The second kappa shape index (κ2) is 6.76. The summed E-state index contributed by atoms with van der Waals surface area (Å²) in [6, 6.07) is 0.399. The van der Waals surface area contributed by atoms with Crippen LogP contribution >= 0.6 is 12.4 Å². The summed E-state index contributed by atoms with van der Waals surface area (Å²) in [5.41, 5.74) is 5.30. The number of nitrogens with zero attached hydrogens (tertiary/aromatic N) is 1. The Morgan fingerprint density at radius 3 is 2.45 bits per heavy atom. The number of carbonyl (C=O) groups is 2. The van der Waals surface area contributed by atoms with E-state index in [1.807, 2.05) is 18.7 Å². The highest BCUT2D eigenvalue weighted by Crippen LogP contribution is 2.31. The van der Waals surface area contributed by atoms with Crippen molar-refractivity contribution in [3.8, 4) is 0 Å². The highest BCUT2D eigenvalue weighted by atomic mass is 35.5. The number of rotatable bonds is 6. The van der Waals surface area contributed by atoms with Gasteiger partial charge in [0.15, 0.2) is 0 Å². The maximum Gasteiger partial charge on any atom is 0.227 e. The summed E-state index contributed by atoms with van der Waals surface area (Å²) < 4.78 is 0. The molecule has 2 amide bonds. The molecule has 0 spiro atoms. The molecule has 0 bridgehead atoms. The fourth-order valence-electron chi connectivity index (χ4n) is 2.86. The van der Waals surface area contributed by atoms with Gasteiger partial charge in [0.05, 0.1) is 11.5 Å². The number of nitrogens with two attached hydrogens (primary N) is 1. The Balaban J connectivity index is 0.00000200. The van der Waals surface area contributed by atoms with Gasteiger partial charge in [0.1, 0.15) is 0 Å². The molecule has 116 valence electrons. The van der Waals surface area contributed by atoms with Crippen LogP contribution in [0.2, 0.25) is 0 Å². The Morgan fingerprint density at radius 2 is 2.00 bits per heavy atom. The molecule has 20 heavy (non-hydrogen) atoms. The summed E-state index contributed by atoms with van der Waals surface area (Å²) in [6.45, 7) is 5.01. The molecule has 0 aromatic carbocycles. The second-order valence-electron chi connectivity index (χ2n) is 5.84. The van der Waals surface area contributed by atoms with Gasteiger partial charge < -0.3 is 16.0 Å². The van der Waals surface area contributed by atoms with E-state index >= 15 is 0 Å². The van der Waals surface area contributed by atoms with Crippen molar-refractivity contribution in [3.05, 3.63) is 0 Å². The lowest BCUT2D eigenvalue weighted by Gasteiger charge is -2.30. The molecule has 5 nitrogen and oxygen atoms in total. The Morgan fingerprint density at radius 1 is 1.40 bits per heavy atom. The first-order valence-electron chi connectivity index (χ1n) is 7.36. The van der Waals surface area contributed by atoms with Crippen LogP contribution in [0.25, 0.3) is 0 Å². The van der Waals surface area contributed by atoms with Crippen LogP contribution in [0.15, 0.2) is 0 Å². The largest absolute Gasteiger partial charge is 0.351 e. The lowest BCUT2D eigenvalue weighted by atomic mass is 9.81. The van der Waals surface area contributed by atoms with Gasteiger partial charge in [-0.05, 0) is 25.7 Å². The molecule has 1 aliphatic heterocycles. The van der Waals surface area contributed by atoms with E-state index in [4.69, 9.17) is 5.73 Å². The van der Waals surface area contributed by atoms with E-state index in [1.165, 1.54) is 0 Å². The first-order valence-corrected chi connectivity index (χ1v) is 7.36. The predicted molar refractivity (Wildman–Crippen MR) is 80.6 cm³/mol. The Labute approximate surface area is 127 Å². The highest BCUT2D eigenvalue weighted by molar-refractivity contribution is 5.86. The lowest BCUT2D eigenvalue weighted by molar-refractivity contribution is -0.131. The van der Waals surface area contributed by atoms with Crippen molar-refractivity contribution in [1.82, 2.24) is 10.2 Å². The Hall–Kier alpha value is -0.810. The van der Waals surface area contributed by atoms with Crippen LogP contribution in [0.3, 0.4) is 0 Å². The summed E-state index contributed by atoms with van der Waals surface area (Å²) in [5, 5.41) is 3.03. The smallest absolute Gasteiger partial charge is 0.227 e. The molecule has 1 aliphatic carbocycles. The van der Waals surface area contributed by atoms with Gasteiger partial charge >= 0.3 is 0 Å². The molecule has 6 heteroatoms. The number of nitrogens with one attached hydrogen (secondary N) is 1. The third-order valence-electron chi connectivity index (χ3n) is 4.71. The molecule has 1 heterocycles. The number of hydrogen-bond donors (Lipinski definition) is 2. The number of amides is 2. The fourth-order valence-corrected chi connectivity index (χ4v) is 2.86. The van der Waals surface area contributed by atoms with Gasteiger partial charge in [-0.25, -0.2) is 0 Å². The minimum atomic E-state index is -0.476. The van der Waals surface area contributed by atoms with E-state index in [9.17, 15) is 9.59 Å². The van der Waals surface area contributed by atoms with Crippen molar-refractivity contribution in [1.29, 1.82) is 0 Å².